The number of nitrogens with two attached hydrogens (primary N) is 1. The fourth-order valence-electron chi connectivity index (χ4n) is 2.37. The lowest BCUT2D eigenvalue weighted by Gasteiger charge is -2.28. The molecule has 0 aliphatic rings. The molecule has 4 heteroatoms. The molecule has 2 unspecified atom stereocenters. The van der Waals surface area contributed by atoms with Crippen molar-refractivity contribution in [2.24, 2.45) is 5.73 Å². The molecule has 0 radical (unpaired) electrons. The van der Waals surface area contributed by atoms with Gasteiger partial charge in [0.15, 0.2) is 0 Å². The van der Waals surface area contributed by atoms with Crippen LogP contribution in [0.4, 0.5) is 0 Å². The Hall–Kier alpha value is -0.940. The van der Waals surface area contributed by atoms with E-state index in [1.165, 1.54) is 5.56 Å². The van der Waals surface area contributed by atoms with Crippen molar-refractivity contribution in [3.63, 3.8) is 0 Å². The van der Waals surface area contributed by atoms with E-state index >= 15 is 0 Å². The second-order valence-corrected chi connectivity index (χ2v) is 6.02. The van der Waals surface area contributed by atoms with E-state index in [1.807, 2.05) is 18.2 Å². The molecular formula is C17H31N3O. The number of aliphatic hydroxyl groups is 1. The molecule has 4 nitrogen and oxygen atoms in total. The number of nitrogens with zero attached hydrogens (tertiary/aromatic N) is 2. The van der Waals surface area contributed by atoms with Crippen molar-refractivity contribution >= 4 is 0 Å². The highest BCUT2D eigenvalue weighted by molar-refractivity contribution is 5.16. The minimum Gasteiger partial charge on any atom is -0.390 e. The van der Waals surface area contributed by atoms with Crippen molar-refractivity contribution in [3.05, 3.63) is 35.9 Å². The summed E-state index contributed by atoms with van der Waals surface area (Å²) in [6, 6.07) is 9.91. The Morgan fingerprint density at radius 2 is 1.76 bits per heavy atom. The van der Waals surface area contributed by atoms with E-state index in [0.29, 0.717) is 6.54 Å². The molecule has 2 atom stereocenters. The summed E-state index contributed by atoms with van der Waals surface area (Å²) in [7, 11) is 4.14. The topological polar surface area (TPSA) is 52.7 Å². The molecule has 0 fully saturated rings. The first kappa shape index (κ1) is 18.1. The Morgan fingerprint density at radius 1 is 1.10 bits per heavy atom. The first-order valence-corrected chi connectivity index (χ1v) is 7.87. The van der Waals surface area contributed by atoms with Gasteiger partial charge >= 0.3 is 0 Å². The third kappa shape index (κ3) is 7.58. The molecule has 0 aliphatic heterocycles. The van der Waals surface area contributed by atoms with Crippen LogP contribution in [0.5, 0.6) is 0 Å². The van der Waals surface area contributed by atoms with Gasteiger partial charge in [0.2, 0.25) is 0 Å². The summed E-state index contributed by atoms with van der Waals surface area (Å²) < 4.78 is 0. The molecule has 1 aromatic rings. The Labute approximate surface area is 129 Å². The van der Waals surface area contributed by atoms with E-state index < -0.39 is 6.10 Å². The molecule has 0 heterocycles. The van der Waals surface area contributed by atoms with Crippen molar-refractivity contribution in [2.75, 3.05) is 40.3 Å². The smallest absolute Gasteiger partial charge is 0.0820 e. The van der Waals surface area contributed by atoms with Gasteiger partial charge in [-0.15, -0.1) is 0 Å². The van der Waals surface area contributed by atoms with Crippen LogP contribution in [0.2, 0.25) is 0 Å². The minimum absolute atomic E-state index is 0.217. The molecule has 0 saturated carbocycles. The molecular weight excluding hydrogens is 262 g/mol. The van der Waals surface area contributed by atoms with Gasteiger partial charge in [0, 0.05) is 25.7 Å². The molecule has 0 saturated heterocycles. The summed E-state index contributed by atoms with van der Waals surface area (Å²) in [5.41, 5.74) is 7.34. The molecule has 3 N–H and O–H groups in total. The van der Waals surface area contributed by atoms with E-state index in [4.69, 9.17) is 5.73 Å². The lowest BCUT2D eigenvalue weighted by molar-refractivity contribution is 0.0874. The number of hydrogen-bond acceptors (Lipinski definition) is 4. The Balaban J connectivity index is 2.45. The van der Waals surface area contributed by atoms with E-state index in [0.717, 1.165) is 32.5 Å². The first-order valence-electron chi connectivity index (χ1n) is 7.87. The van der Waals surface area contributed by atoms with Crippen molar-refractivity contribution in [1.82, 2.24) is 9.80 Å². The number of aliphatic hydroxyl groups excluding tert-OH is 1. The van der Waals surface area contributed by atoms with Crippen LogP contribution in [0, 0.1) is 0 Å². The maximum Gasteiger partial charge on any atom is 0.0820 e. The molecule has 0 spiro atoms. The van der Waals surface area contributed by atoms with Crippen LogP contribution in [0.3, 0.4) is 0 Å². The van der Waals surface area contributed by atoms with Gasteiger partial charge in [-0.2, -0.15) is 0 Å². The van der Waals surface area contributed by atoms with Crippen LogP contribution in [-0.4, -0.2) is 67.3 Å². The van der Waals surface area contributed by atoms with Gasteiger partial charge in [0.05, 0.1) is 6.10 Å². The normalized spacial score (nSPS) is 14.6. The van der Waals surface area contributed by atoms with Crippen LogP contribution >= 0.6 is 0 Å². The largest absolute Gasteiger partial charge is 0.390 e. The number of benzene rings is 1. The fourth-order valence-corrected chi connectivity index (χ4v) is 2.37. The Bertz CT molecular complexity index is 370. The highest BCUT2D eigenvalue weighted by Crippen LogP contribution is 2.06. The zero-order chi connectivity index (χ0) is 15.7. The van der Waals surface area contributed by atoms with Crippen molar-refractivity contribution in [3.8, 4) is 0 Å². The van der Waals surface area contributed by atoms with Crippen LogP contribution in [-0.2, 0) is 6.42 Å². The zero-order valence-electron chi connectivity index (χ0n) is 13.7. The SMILES string of the molecule is CCCN(CCN(C)C)CC(O)C(N)Cc1ccccc1. The van der Waals surface area contributed by atoms with Gasteiger partial charge in [0.25, 0.3) is 0 Å². The van der Waals surface area contributed by atoms with Gasteiger partial charge < -0.3 is 15.7 Å². The van der Waals surface area contributed by atoms with E-state index in [2.05, 4.69) is 43.0 Å². The third-order valence-corrected chi connectivity index (χ3v) is 3.66. The summed E-state index contributed by atoms with van der Waals surface area (Å²) >= 11 is 0. The molecule has 1 aromatic carbocycles. The van der Waals surface area contributed by atoms with Crippen molar-refractivity contribution in [2.45, 2.75) is 31.9 Å². The van der Waals surface area contributed by atoms with Crippen LogP contribution < -0.4 is 5.73 Å². The van der Waals surface area contributed by atoms with E-state index in [9.17, 15) is 5.11 Å². The Kier molecular flexibility index (Phi) is 8.54. The monoisotopic (exact) mass is 293 g/mol. The maximum absolute atomic E-state index is 10.4. The molecule has 21 heavy (non-hydrogen) atoms. The number of rotatable bonds is 10. The maximum atomic E-state index is 10.4. The van der Waals surface area contributed by atoms with Gasteiger partial charge in [0.1, 0.15) is 0 Å². The molecule has 120 valence electrons. The quantitative estimate of drug-likeness (QED) is 0.680. The van der Waals surface area contributed by atoms with Gasteiger partial charge in [-0.05, 0) is 39.0 Å². The molecule has 0 aliphatic carbocycles. The first-order chi connectivity index (χ1) is 10.0. The summed E-state index contributed by atoms with van der Waals surface area (Å²) in [4.78, 5) is 4.47. The Morgan fingerprint density at radius 3 is 2.33 bits per heavy atom. The summed E-state index contributed by atoms with van der Waals surface area (Å²) in [6.07, 6.45) is 1.32. The van der Waals surface area contributed by atoms with Gasteiger partial charge in [-0.3, -0.25) is 4.90 Å². The summed E-state index contributed by atoms with van der Waals surface area (Å²) in [5, 5.41) is 10.4. The second kappa shape index (κ2) is 9.90. The molecule has 0 aromatic heterocycles. The summed E-state index contributed by atoms with van der Waals surface area (Å²) in [6.45, 7) is 5.79. The van der Waals surface area contributed by atoms with E-state index in [1.54, 1.807) is 0 Å². The molecule has 0 bridgehead atoms. The summed E-state index contributed by atoms with van der Waals surface area (Å²) in [5.74, 6) is 0. The van der Waals surface area contributed by atoms with E-state index in [-0.39, 0.29) is 6.04 Å². The average molecular weight is 293 g/mol. The molecule has 0 amide bonds. The standard InChI is InChI=1S/C17H31N3O/c1-4-10-20(12-11-19(2)3)14-17(21)16(18)13-15-8-6-5-7-9-15/h5-9,16-17,21H,4,10-14,18H2,1-3H3. The lowest BCUT2D eigenvalue weighted by Crippen LogP contribution is -2.46. The minimum atomic E-state index is -0.487. The molecule has 1 rings (SSSR count). The lowest BCUT2D eigenvalue weighted by atomic mass is 10.0. The highest BCUT2D eigenvalue weighted by Gasteiger charge is 2.18. The number of hydrogen-bond donors (Lipinski definition) is 2. The predicted molar refractivity (Wildman–Crippen MR) is 89.4 cm³/mol. The fraction of sp³-hybridized carbons (Fsp3) is 0.647. The van der Waals surface area contributed by atoms with Crippen molar-refractivity contribution in [1.29, 1.82) is 0 Å². The highest BCUT2D eigenvalue weighted by atomic mass is 16.3. The number of likely N-dealkylation sites (N-methyl/N-ethyl adjacent to an activating group) is 1. The average Bonchev–Trinajstić information content (AvgIpc) is 2.45. The second-order valence-electron chi connectivity index (χ2n) is 6.02. The zero-order valence-corrected chi connectivity index (χ0v) is 13.7. The third-order valence-electron chi connectivity index (χ3n) is 3.66. The van der Waals surface area contributed by atoms with Crippen LogP contribution in [0.1, 0.15) is 18.9 Å². The van der Waals surface area contributed by atoms with Crippen LogP contribution in [0.25, 0.3) is 0 Å². The predicted octanol–water partition coefficient (Wildman–Crippen LogP) is 1.19. The van der Waals surface area contributed by atoms with Gasteiger partial charge in [-0.25, -0.2) is 0 Å². The van der Waals surface area contributed by atoms with Crippen molar-refractivity contribution < 1.29 is 5.11 Å². The van der Waals surface area contributed by atoms with Crippen LogP contribution in [0.15, 0.2) is 30.3 Å². The van der Waals surface area contributed by atoms with Gasteiger partial charge in [-0.1, -0.05) is 37.3 Å².